The van der Waals surface area contributed by atoms with Crippen LogP contribution < -0.4 is 10.1 Å². The van der Waals surface area contributed by atoms with E-state index in [1.54, 1.807) is 13.0 Å². The maximum Gasteiger partial charge on any atom is 0.413 e. The Morgan fingerprint density at radius 1 is 1.28 bits per heavy atom. The van der Waals surface area contributed by atoms with E-state index in [0.29, 0.717) is 31.1 Å². The molecule has 0 radical (unpaired) electrons. The van der Waals surface area contributed by atoms with E-state index >= 15 is 0 Å². The summed E-state index contributed by atoms with van der Waals surface area (Å²) in [6, 6.07) is 4.38. The molecule has 1 saturated heterocycles. The molecule has 0 bridgehead atoms. The first-order chi connectivity index (χ1) is 15.4. The molecule has 2 aliphatic rings. The quantitative estimate of drug-likeness (QED) is 0.747. The van der Waals surface area contributed by atoms with E-state index in [0.717, 1.165) is 25.0 Å². The number of fused-ring (bicyclic) bond motifs is 1. The van der Waals surface area contributed by atoms with Crippen LogP contribution in [0.2, 0.25) is 0 Å². The number of halogens is 2. The number of hydrogen-bond donors (Lipinski definition) is 1. The Morgan fingerprint density at radius 3 is 2.69 bits per heavy atom. The molecule has 0 spiro atoms. The Hall–Kier alpha value is -2.94. The maximum absolute atomic E-state index is 14.2. The zero-order valence-corrected chi connectivity index (χ0v) is 18.2. The number of carbonyl (C=O) groups is 2. The summed E-state index contributed by atoms with van der Waals surface area (Å²) in [6.45, 7) is 5.55. The van der Waals surface area contributed by atoms with Gasteiger partial charge in [-0.1, -0.05) is 13.0 Å². The van der Waals surface area contributed by atoms with Crippen LogP contribution in [0.3, 0.4) is 0 Å². The van der Waals surface area contributed by atoms with Crippen LogP contribution in [0, 0.1) is 11.6 Å². The number of amides is 2. The van der Waals surface area contributed by atoms with E-state index in [-0.39, 0.29) is 36.3 Å². The lowest BCUT2D eigenvalue weighted by Gasteiger charge is -2.24. The van der Waals surface area contributed by atoms with E-state index < -0.39 is 23.8 Å². The van der Waals surface area contributed by atoms with Crippen molar-refractivity contribution in [3.05, 3.63) is 52.9 Å². The zero-order chi connectivity index (χ0) is 22.8. The van der Waals surface area contributed by atoms with Gasteiger partial charge in [0.15, 0.2) is 5.75 Å². The van der Waals surface area contributed by atoms with Crippen molar-refractivity contribution in [3.8, 4) is 5.75 Å². The highest BCUT2D eigenvalue weighted by Crippen LogP contribution is 2.31. The fourth-order valence-corrected chi connectivity index (χ4v) is 4.43. The van der Waals surface area contributed by atoms with Crippen LogP contribution in [-0.4, -0.2) is 40.7 Å². The summed E-state index contributed by atoms with van der Waals surface area (Å²) in [5.41, 5.74) is 0.826. The van der Waals surface area contributed by atoms with Gasteiger partial charge < -0.3 is 24.3 Å². The Labute approximate surface area is 185 Å². The number of carbonyl (C=O) groups excluding carboxylic acids is 2. The number of likely N-dealkylation sites (tertiary alicyclic amines) is 1. The number of aromatic nitrogens is 1. The van der Waals surface area contributed by atoms with Crippen LogP contribution in [0.1, 0.15) is 60.9 Å². The molecule has 172 valence electrons. The molecular weight excluding hydrogens is 420 g/mol. The van der Waals surface area contributed by atoms with E-state index in [4.69, 9.17) is 9.47 Å². The molecule has 9 heteroatoms. The van der Waals surface area contributed by atoms with E-state index in [2.05, 4.69) is 5.32 Å². The fourth-order valence-electron chi connectivity index (χ4n) is 4.43. The first-order valence-electron chi connectivity index (χ1n) is 10.9. The van der Waals surface area contributed by atoms with Crippen LogP contribution in [0.25, 0.3) is 0 Å². The number of nitrogens with one attached hydrogen (secondary N) is 1. The minimum absolute atomic E-state index is 0.103. The predicted octanol–water partition coefficient (Wildman–Crippen LogP) is 4.16. The molecule has 2 atom stereocenters. The van der Waals surface area contributed by atoms with Gasteiger partial charge in [0.05, 0.1) is 24.9 Å². The summed E-state index contributed by atoms with van der Waals surface area (Å²) < 4.78 is 41.2. The van der Waals surface area contributed by atoms with Gasteiger partial charge in [-0.2, -0.15) is 0 Å². The van der Waals surface area contributed by atoms with Crippen LogP contribution in [0.4, 0.5) is 13.6 Å². The van der Waals surface area contributed by atoms with Gasteiger partial charge in [0, 0.05) is 30.8 Å². The average Bonchev–Trinajstić information content (AvgIpc) is 3.36. The average molecular weight is 447 g/mol. The van der Waals surface area contributed by atoms with Gasteiger partial charge in [0.25, 0.3) is 5.91 Å². The van der Waals surface area contributed by atoms with Crippen LogP contribution in [-0.2, 0) is 17.9 Å². The first-order valence-corrected chi connectivity index (χ1v) is 10.9. The Morgan fingerprint density at radius 2 is 2.03 bits per heavy atom. The highest BCUT2D eigenvalue weighted by atomic mass is 19.1. The zero-order valence-electron chi connectivity index (χ0n) is 18.2. The van der Waals surface area contributed by atoms with Crippen molar-refractivity contribution in [2.45, 2.75) is 58.3 Å². The number of hydrogen-bond acceptors (Lipinski definition) is 4. The number of rotatable bonds is 5. The Bertz CT molecular complexity index is 1000. The van der Waals surface area contributed by atoms with E-state index in [9.17, 15) is 18.4 Å². The van der Waals surface area contributed by atoms with Crippen LogP contribution in [0.15, 0.2) is 24.3 Å². The maximum atomic E-state index is 14.2. The van der Waals surface area contributed by atoms with Gasteiger partial charge >= 0.3 is 6.09 Å². The third-order valence-corrected chi connectivity index (χ3v) is 6.15. The molecule has 7 nitrogen and oxygen atoms in total. The second-order valence-corrected chi connectivity index (χ2v) is 8.16. The lowest BCUT2D eigenvalue weighted by Crippen LogP contribution is -2.35. The summed E-state index contributed by atoms with van der Waals surface area (Å²) in [4.78, 5) is 27.6. The third kappa shape index (κ3) is 4.21. The van der Waals surface area contributed by atoms with Gasteiger partial charge in [0.2, 0.25) is 0 Å². The molecule has 0 unspecified atom stereocenters. The van der Waals surface area contributed by atoms with Crippen molar-refractivity contribution in [1.29, 1.82) is 0 Å². The molecule has 2 aromatic rings. The molecule has 2 aliphatic heterocycles. The monoisotopic (exact) mass is 447 g/mol. The van der Waals surface area contributed by atoms with Gasteiger partial charge in [-0.25, -0.2) is 13.6 Å². The first kappa shape index (κ1) is 22.3. The van der Waals surface area contributed by atoms with Gasteiger partial charge in [-0.15, -0.1) is 0 Å². The van der Waals surface area contributed by atoms with Crippen molar-refractivity contribution in [1.82, 2.24) is 14.8 Å². The molecule has 32 heavy (non-hydrogen) atoms. The second kappa shape index (κ2) is 9.28. The van der Waals surface area contributed by atoms with Crippen LogP contribution >= 0.6 is 0 Å². The molecule has 1 N–H and O–H groups in total. The normalized spacial score (nSPS) is 18.9. The summed E-state index contributed by atoms with van der Waals surface area (Å²) >= 11 is 0. The molecule has 0 saturated carbocycles. The van der Waals surface area contributed by atoms with Crippen LogP contribution in [0.5, 0.6) is 5.75 Å². The third-order valence-electron chi connectivity index (χ3n) is 6.15. The van der Waals surface area contributed by atoms with Crippen molar-refractivity contribution < 1.29 is 27.8 Å². The molecule has 1 fully saturated rings. The SMILES string of the molecule is CC[C@@H](NC(=O)Oc1cc(C(=O)N2CCC[C@@H]2C)n2c1COCC2)c1c(F)cccc1F. The molecule has 2 amide bonds. The smallest absolute Gasteiger partial charge is 0.408 e. The standard InChI is InChI=1S/C23H27F2N3O4/c1-3-17(21-15(24)7-4-8-16(21)25)26-23(30)32-20-12-18(28-10-11-31-13-19(20)28)22(29)27-9-5-6-14(27)2/h4,7-8,12,14,17H,3,5-6,9-11,13H2,1-2H3,(H,26,30)/t14-,17+/m0/s1. The summed E-state index contributed by atoms with van der Waals surface area (Å²) in [5.74, 6) is -1.37. The molecular formula is C23H27F2N3O4. The number of benzene rings is 1. The number of nitrogens with zero attached hydrogens (tertiary/aromatic N) is 2. The largest absolute Gasteiger partial charge is 0.413 e. The van der Waals surface area contributed by atoms with Crippen molar-refractivity contribution in [2.75, 3.05) is 13.2 Å². The molecule has 1 aromatic carbocycles. The van der Waals surface area contributed by atoms with Crippen molar-refractivity contribution >= 4 is 12.0 Å². The highest BCUT2D eigenvalue weighted by molar-refractivity contribution is 5.94. The topological polar surface area (TPSA) is 72.8 Å². The van der Waals surface area contributed by atoms with Gasteiger partial charge in [-0.05, 0) is 38.3 Å². The Kier molecular flexibility index (Phi) is 6.45. The predicted molar refractivity (Wildman–Crippen MR) is 112 cm³/mol. The Balaban J connectivity index is 1.55. The summed E-state index contributed by atoms with van der Waals surface area (Å²) in [7, 11) is 0. The second-order valence-electron chi connectivity index (χ2n) is 8.16. The fraction of sp³-hybridized carbons (Fsp3) is 0.478. The summed E-state index contributed by atoms with van der Waals surface area (Å²) in [6.07, 6.45) is 1.33. The van der Waals surface area contributed by atoms with Gasteiger partial charge in [-0.3, -0.25) is 4.79 Å². The molecule has 4 rings (SSSR count). The lowest BCUT2D eigenvalue weighted by atomic mass is 10.0. The lowest BCUT2D eigenvalue weighted by molar-refractivity contribution is 0.0686. The van der Waals surface area contributed by atoms with Crippen molar-refractivity contribution in [3.63, 3.8) is 0 Å². The molecule has 1 aromatic heterocycles. The van der Waals surface area contributed by atoms with E-state index in [1.165, 1.54) is 6.07 Å². The highest BCUT2D eigenvalue weighted by Gasteiger charge is 2.32. The molecule has 3 heterocycles. The van der Waals surface area contributed by atoms with Gasteiger partial charge in [0.1, 0.15) is 17.3 Å². The van der Waals surface area contributed by atoms with E-state index in [1.807, 2.05) is 16.4 Å². The van der Waals surface area contributed by atoms with Crippen molar-refractivity contribution in [2.24, 2.45) is 0 Å². The summed E-state index contributed by atoms with van der Waals surface area (Å²) in [5, 5.41) is 2.53. The number of ether oxygens (including phenoxy) is 2. The molecule has 0 aliphatic carbocycles. The minimum atomic E-state index is -0.898. The minimum Gasteiger partial charge on any atom is -0.408 e.